The normalized spacial score (nSPS) is 11.5. The number of para-hydroxylation sites is 2. The summed E-state index contributed by atoms with van der Waals surface area (Å²) in [6.45, 7) is 0. The molecule has 66 heavy (non-hydrogen) atoms. The summed E-state index contributed by atoms with van der Waals surface area (Å²) in [6.07, 6.45) is 3.79. The van der Waals surface area contributed by atoms with E-state index in [0.717, 1.165) is 88.4 Å². The SMILES string of the molecule is N#Cc1cc(-n2c3ccccc3c3ccc(-c4ccc(-c5ccccc5)nc4)cc32)c(-n2c3ccccc3c3ccc(-c4ccc(-c5ccccc5)nc4)cc32)cc1-c1c(F)cccc1F. The molecule has 0 fully saturated rings. The Morgan fingerprint density at radius 2 is 0.818 bits per heavy atom. The predicted octanol–water partition coefficient (Wildman–Crippen LogP) is 15.2. The summed E-state index contributed by atoms with van der Waals surface area (Å²) in [5.74, 6) is -1.51. The molecule has 8 aromatic carbocycles. The third-order valence-corrected chi connectivity index (χ3v) is 12.6. The van der Waals surface area contributed by atoms with E-state index in [4.69, 9.17) is 9.97 Å². The van der Waals surface area contributed by atoms with E-state index in [-0.39, 0.29) is 16.7 Å². The molecular weight excluding hydrogens is 817 g/mol. The van der Waals surface area contributed by atoms with Gasteiger partial charge in [0.25, 0.3) is 0 Å². The summed E-state index contributed by atoms with van der Waals surface area (Å²) in [5.41, 5.74) is 12.5. The second kappa shape index (κ2) is 15.7. The highest BCUT2D eigenvalue weighted by atomic mass is 19.1. The van der Waals surface area contributed by atoms with E-state index in [1.54, 1.807) is 12.1 Å². The Morgan fingerprint density at radius 3 is 1.29 bits per heavy atom. The average molecular weight is 852 g/mol. The number of hydrogen-bond donors (Lipinski definition) is 0. The van der Waals surface area contributed by atoms with Crippen molar-refractivity contribution in [2.45, 2.75) is 0 Å². The number of nitriles is 1. The maximum Gasteiger partial charge on any atom is 0.134 e. The Balaban J connectivity index is 1.14. The van der Waals surface area contributed by atoms with Crippen LogP contribution in [0.3, 0.4) is 0 Å². The van der Waals surface area contributed by atoms with Crippen molar-refractivity contribution in [1.82, 2.24) is 19.1 Å². The molecule has 5 nitrogen and oxygen atoms in total. The zero-order valence-electron chi connectivity index (χ0n) is 35.2. The monoisotopic (exact) mass is 851 g/mol. The number of fused-ring (bicyclic) bond motifs is 6. The lowest BCUT2D eigenvalue weighted by molar-refractivity contribution is 0.589. The molecule has 4 aromatic heterocycles. The molecule has 0 amide bonds. The molecule has 7 heteroatoms. The molecule has 0 aliphatic rings. The number of aromatic nitrogens is 4. The van der Waals surface area contributed by atoms with Gasteiger partial charge in [0, 0.05) is 61.8 Å². The zero-order valence-corrected chi connectivity index (χ0v) is 35.2. The summed E-state index contributed by atoms with van der Waals surface area (Å²) >= 11 is 0. The molecule has 0 bridgehead atoms. The first-order valence-corrected chi connectivity index (χ1v) is 21.7. The van der Waals surface area contributed by atoms with Crippen LogP contribution >= 0.6 is 0 Å². The second-order valence-corrected chi connectivity index (χ2v) is 16.4. The number of benzene rings is 8. The van der Waals surface area contributed by atoms with Crippen LogP contribution in [0, 0.1) is 23.0 Å². The standard InChI is InChI=1S/C59H35F2N5/c60-49-18-11-19-50(61)59(49)48-33-58(66-54-21-10-8-17-45(54)47-27-23-40(31-56(47)66)42-25-29-52(64-36-42)38-14-5-2-6-15-38)57(32-43(48)34-62)65-53-20-9-7-16-44(53)46-26-22-39(30-55(46)65)41-24-28-51(63-35-41)37-12-3-1-4-13-37/h1-33,35-36H. The van der Waals surface area contributed by atoms with Crippen LogP contribution in [0.2, 0.25) is 0 Å². The van der Waals surface area contributed by atoms with Crippen LogP contribution in [0.25, 0.3) is 111 Å². The van der Waals surface area contributed by atoms with Gasteiger partial charge in [-0.25, -0.2) is 8.78 Å². The van der Waals surface area contributed by atoms with E-state index in [1.807, 2.05) is 109 Å². The summed E-state index contributed by atoms with van der Waals surface area (Å²) in [5, 5.41) is 14.9. The van der Waals surface area contributed by atoms with Gasteiger partial charge in [-0.2, -0.15) is 5.26 Å². The minimum atomic E-state index is -0.755. The van der Waals surface area contributed by atoms with E-state index < -0.39 is 11.6 Å². The molecule has 4 heterocycles. The number of pyridine rings is 2. The maximum atomic E-state index is 16.0. The van der Waals surface area contributed by atoms with Gasteiger partial charge in [0.1, 0.15) is 11.6 Å². The van der Waals surface area contributed by atoms with Gasteiger partial charge in [-0.15, -0.1) is 0 Å². The lowest BCUT2D eigenvalue weighted by Gasteiger charge is -2.20. The van der Waals surface area contributed by atoms with Crippen LogP contribution in [0.15, 0.2) is 213 Å². The lowest BCUT2D eigenvalue weighted by atomic mass is 9.97. The minimum Gasteiger partial charge on any atom is -0.307 e. The molecule has 12 aromatic rings. The van der Waals surface area contributed by atoms with E-state index in [1.165, 1.54) is 18.2 Å². The van der Waals surface area contributed by atoms with Crippen LogP contribution in [0.4, 0.5) is 8.78 Å². The molecule has 0 N–H and O–H groups in total. The smallest absolute Gasteiger partial charge is 0.134 e. The first kappa shape index (κ1) is 38.7. The summed E-state index contributed by atoms with van der Waals surface area (Å²) in [4.78, 5) is 9.69. The fourth-order valence-corrected chi connectivity index (χ4v) is 9.50. The Morgan fingerprint density at radius 1 is 0.379 bits per heavy atom. The largest absolute Gasteiger partial charge is 0.307 e. The number of nitrogens with zero attached hydrogens (tertiary/aromatic N) is 5. The van der Waals surface area contributed by atoms with Gasteiger partial charge in [0.2, 0.25) is 0 Å². The number of rotatable bonds is 7. The fraction of sp³-hybridized carbons (Fsp3) is 0. The zero-order chi connectivity index (χ0) is 44.3. The molecule has 12 rings (SSSR count). The van der Waals surface area contributed by atoms with Gasteiger partial charge in [0.15, 0.2) is 0 Å². The molecule has 310 valence electrons. The van der Waals surface area contributed by atoms with Gasteiger partial charge >= 0.3 is 0 Å². The van der Waals surface area contributed by atoms with Crippen molar-refractivity contribution in [3.63, 3.8) is 0 Å². The van der Waals surface area contributed by atoms with Crippen LogP contribution in [0.5, 0.6) is 0 Å². The van der Waals surface area contributed by atoms with E-state index in [9.17, 15) is 5.26 Å². The van der Waals surface area contributed by atoms with Crippen molar-refractivity contribution in [3.05, 3.63) is 230 Å². The molecule has 0 unspecified atom stereocenters. The van der Waals surface area contributed by atoms with Gasteiger partial charge in [-0.3, -0.25) is 9.97 Å². The Kier molecular flexibility index (Phi) is 9.18. The van der Waals surface area contributed by atoms with Gasteiger partial charge in [-0.1, -0.05) is 140 Å². The van der Waals surface area contributed by atoms with Crippen molar-refractivity contribution in [3.8, 4) is 73.3 Å². The van der Waals surface area contributed by atoms with Crippen LogP contribution < -0.4 is 0 Å². The lowest BCUT2D eigenvalue weighted by Crippen LogP contribution is -2.06. The van der Waals surface area contributed by atoms with Crippen LogP contribution in [-0.4, -0.2) is 19.1 Å². The topological polar surface area (TPSA) is 59.4 Å². The molecular formula is C59H35F2N5. The third-order valence-electron chi connectivity index (χ3n) is 12.6. The highest BCUT2D eigenvalue weighted by molar-refractivity contribution is 6.13. The van der Waals surface area contributed by atoms with Crippen molar-refractivity contribution in [2.75, 3.05) is 0 Å². The highest BCUT2D eigenvalue weighted by Crippen LogP contribution is 2.43. The van der Waals surface area contributed by atoms with Gasteiger partial charge in [-0.05, 0) is 71.8 Å². The number of hydrogen-bond acceptors (Lipinski definition) is 3. The summed E-state index contributed by atoms with van der Waals surface area (Å²) in [6, 6.07) is 67.2. The first-order valence-electron chi connectivity index (χ1n) is 21.7. The minimum absolute atomic E-state index is 0.131. The van der Waals surface area contributed by atoms with E-state index >= 15 is 8.78 Å². The quantitative estimate of drug-likeness (QED) is 0.160. The van der Waals surface area contributed by atoms with Gasteiger partial charge in [0.05, 0.1) is 62.0 Å². The maximum absolute atomic E-state index is 16.0. The predicted molar refractivity (Wildman–Crippen MR) is 263 cm³/mol. The Labute approximate surface area is 378 Å². The highest BCUT2D eigenvalue weighted by Gasteiger charge is 2.25. The molecule has 0 spiro atoms. The van der Waals surface area contributed by atoms with E-state index in [0.29, 0.717) is 11.4 Å². The molecule has 0 saturated heterocycles. The summed E-state index contributed by atoms with van der Waals surface area (Å²) in [7, 11) is 0. The van der Waals surface area contributed by atoms with Crippen molar-refractivity contribution in [2.24, 2.45) is 0 Å². The molecule has 0 aliphatic heterocycles. The van der Waals surface area contributed by atoms with E-state index in [2.05, 4.69) is 88.0 Å². The third kappa shape index (κ3) is 6.35. The van der Waals surface area contributed by atoms with Crippen LogP contribution in [-0.2, 0) is 0 Å². The van der Waals surface area contributed by atoms with Crippen molar-refractivity contribution >= 4 is 43.6 Å². The number of halogens is 2. The van der Waals surface area contributed by atoms with Gasteiger partial charge < -0.3 is 9.13 Å². The molecule has 0 aliphatic carbocycles. The first-order chi connectivity index (χ1) is 32.5. The molecule has 0 atom stereocenters. The second-order valence-electron chi connectivity index (χ2n) is 16.4. The van der Waals surface area contributed by atoms with Crippen LogP contribution in [0.1, 0.15) is 5.56 Å². The fourth-order valence-electron chi connectivity index (χ4n) is 9.50. The Hall–Kier alpha value is -8.99. The summed E-state index contributed by atoms with van der Waals surface area (Å²) < 4.78 is 36.2. The Bertz CT molecular complexity index is 3860. The molecule has 0 radical (unpaired) electrons. The van der Waals surface area contributed by atoms with Crippen molar-refractivity contribution in [1.29, 1.82) is 5.26 Å². The average Bonchev–Trinajstić information content (AvgIpc) is 3.88. The van der Waals surface area contributed by atoms with Crippen molar-refractivity contribution < 1.29 is 8.78 Å². The molecule has 0 saturated carbocycles.